The van der Waals surface area contributed by atoms with Gasteiger partial charge in [-0.05, 0) is 37.8 Å². The van der Waals surface area contributed by atoms with Gasteiger partial charge in [0.05, 0.1) is 5.56 Å². The molecule has 2 unspecified atom stereocenters. The Labute approximate surface area is 103 Å². The number of rotatable bonds is 2. The standard InChI is InChI=1S/C14H19N3/c1-10-4-3-5-13(8-10)17-14-12(9-15)7-6-11(2)16-14/h6-7,10,13H,3-5,8H2,1-2H3,(H,16,17). The zero-order valence-corrected chi connectivity index (χ0v) is 10.5. The van der Waals surface area contributed by atoms with E-state index >= 15 is 0 Å². The highest BCUT2D eigenvalue weighted by atomic mass is 15.0. The third-order valence-electron chi connectivity index (χ3n) is 3.43. The molecule has 0 bridgehead atoms. The lowest BCUT2D eigenvalue weighted by atomic mass is 9.87. The number of pyridine rings is 1. The SMILES string of the molecule is Cc1ccc(C#N)c(NC2CCCC(C)C2)n1. The average Bonchev–Trinajstić information content (AvgIpc) is 2.29. The van der Waals surface area contributed by atoms with Gasteiger partial charge in [-0.3, -0.25) is 0 Å². The summed E-state index contributed by atoms with van der Waals surface area (Å²) >= 11 is 0. The Morgan fingerprint density at radius 3 is 2.94 bits per heavy atom. The Kier molecular flexibility index (Phi) is 3.63. The Morgan fingerprint density at radius 2 is 2.24 bits per heavy atom. The van der Waals surface area contributed by atoms with Crippen LogP contribution in [-0.4, -0.2) is 11.0 Å². The predicted molar refractivity (Wildman–Crippen MR) is 68.7 cm³/mol. The monoisotopic (exact) mass is 229 g/mol. The number of nitriles is 1. The molecular formula is C14H19N3. The van der Waals surface area contributed by atoms with Crippen LogP contribution in [0.2, 0.25) is 0 Å². The topological polar surface area (TPSA) is 48.7 Å². The lowest BCUT2D eigenvalue weighted by Gasteiger charge is -2.28. The fourth-order valence-corrected chi connectivity index (χ4v) is 2.52. The van der Waals surface area contributed by atoms with Crippen LogP contribution in [0.25, 0.3) is 0 Å². The molecule has 2 atom stereocenters. The minimum atomic E-state index is 0.472. The number of aryl methyl sites for hydroxylation is 1. The summed E-state index contributed by atoms with van der Waals surface area (Å²) in [6.45, 7) is 4.25. The molecule has 1 saturated carbocycles. The molecule has 1 aromatic heterocycles. The lowest BCUT2D eigenvalue weighted by molar-refractivity contribution is 0.358. The zero-order chi connectivity index (χ0) is 12.3. The van der Waals surface area contributed by atoms with Crippen LogP contribution >= 0.6 is 0 Å². The molecule has 0 aromatic carbocycles. The number of nitrogens with one attached hydrogen (secondary N) is 1. The van der Waals surface area contributed by atoms with Crippen LogP contribution in [-0.2, 0) is 0 Å². The van der Waals surface area contributed by atoms with Crippen molar-refractivity contribution in [1.29, 1.82) is 5.26 Å². The molecule has 0 spiro atoms. The van der Waals surface area contributed by atoms with Crippen LogP contribution in [0.1, 0.15) is 43.9 Å². The van der Waals surface area contributed by atoms with Gasteiger partial charge in [0, 0.05) is 11.7 Å². The van der Waals surface area contributed by atoms with Crippen molar-refractivity contribution >= 4 is 5.82 Å². The number of aromatic nitrogens is 1. The molecule has 1 N–H and O–H groups in total. The van der Waals surface area contributed by atoms with E-state index in [1.54, 1.807) is 0 Å². The Morgan fingerprint density at radius 1 is 1.41 bits per heavy atom. The Balaban J connectivity index is 2.12. The minimum absolute atomic E-state index is 0.472. The van der Waals surface area contributed by atoms with Gasteiger partial charge >= 0.3 is 0 Å². The fourth-order valence-electron chi connectivity index (χ4n) is 2.52. The first-order valence-electron chi connectivity index (χ1n) is 6.33. The number of anilines is 1. The minimum Gasteiger partial charge on any atom is -0.366 e. The van der Waals surface area contributed by atoms with E-state index in [9.17, 15) is 0 Å². The van der Waals surface area contributed by atoms with Gasteiger partial charge < -0.3 is 5.32 Å². The highest BCUT2D eigenvalue weighted by Crippen LogP contribution is 2.26. The molecule has 1 aromatic rings. The summed E-state index contributed by atoms with van der Waals surface area (Å²) in [4.78, 5) is 4.43. The van der Waals surface area contributed by atoms with Crippen molar-refractivity contribution < 1.29 is 0 Å². The van der Waals surface area contributed by atoms with E-state index in [0.29, 0.717) is 11.6 Å². The summed E-state index contributed by atoms with van der Waals surface area (Å²) in [6.07, 6.45) is 4.96. The molecule has 1 fully saturated rings. The van der Waals surface area contributed by atoms with Gasteiger partial charge in [-0.25, -0.2) is 4.98 Å². The molecular weight excluding hydrogens is 210 g/mol. The molecule has 2 rings (SSSR count). The highest BCUT2D eigenvalue weighted by molar-refractivity contribution is 5.52. The van der Waals surface area contributed by atoms with Crippen molar-refractivity contribution in [3.8, 4) is 6.07 Å². The van der Waals surface area contributed by atoms with E-state index in [4.69, 9.17) is 5.26 Å². The van der Waals surface area contributed by atoms with Gasteiger partial charge in [0.25, 0.3) is 0 Å². The fraction of sp³-hybridized carbons (Fsp3) is 0.571. The number of hydrogen-bond donors (Lipinski definition) is 1. The van der Waals surface area contributed by atoms with E-state index in [2.05, 4.69) is 23.3 Å². The van der Waals surface area contributed by atoms with E-state index in [-0.39, 0.29) is 0 Å². The quantitative estimate of drug-likeness (QED) is 0.846. The molecule has 0 amide bonds. The van der Waals surface area contributed by atoms with Gasteiger partial charge in [0.1, 0.15) is 11.9 Å². The molecule has 3 heteroatoms. The Bertz CT molecular complexity index is 434. The predicted octanol–water partition coefficient (Wildman–Crippen LogP) is 3.25. The molecule has 0 aliphatic heterocycles. The summed E-state index contributed by atoms with van der Waals surface area (Å²) in [7, 11) is 0. The number of hydrogen-bond acceptors (Lipinski definition) is 3. The smallest absolute Gasteiger partial charge is 0.144 e. The van der Waals surface area contributed by atoms with Crippen molar-refractivity contribution in [3.63, 3.8) is 0 Å². The first-order chi connectivity index (χ1) is 8.19. The normalized spacial score (nSPS) is 24.1. The molecule has 1 aliphatic rings. The van der Waals surface area contributed by atoms with E-state index in [1.165, 1.54) is 25.7 Å². The van der Waals surface area contributed by atoms with Gasteiger partial charge in [-0.1, -0.05) is 19.8 Å². The summed E-state index contributed by atoms with van der Waals surface area (Å²) in [5.74, 6) is 1.53. The molecule has 0 radical (unpaired) electrons. The third kappa shape index (κ3) is 2.97. The molecule has 90 valence electrons. The van der Waals surface area contributed by atoms with Crippen molar-refractivity contribution in [3.05, 3.63) is 23.4 Å². The van der Waals surface area contributed by atoms with Crippen LogP contribution in [0, 0.1) is 24.2 Å². The van der Waals surface area contributed by atoms with E-state index in [0.717, 1.165) is 17.4 Å². The van der Waals surface area contributed by atoms with Crippen LogP contribution in [0.4, 0.5) is 5.82 Å². The van der Waals surface area contributed by atoms with Gasteiger partial charge in [0.2, 0.25) is 0 Å². The maximum atomic E-state index is 9.06. The Hall–Kier alpha value is -1.56. The molecule has 1 heterocycles. The second-order valence-corrected chi connectivity index (χ2v) is 5.07. The van der Waals surface area contributed by atoms with Crippen LogP contribution in [0.5, 0.6) is 0 Å². The first kappa shape index (κ1) is 11.9. The summed E-state index contributed by atoms with van der Waals surface area (Å²) in [6, 6.07) is 6.40. The highest BCUT2D eigenvalue weighted by Gasteiger charge is 2.19. The van der Waals surface area contributed by atoms with Gasteiger partial charge in [0.15, 0.2) is 0 Å². The van der Waals surface area contributed by atoms with Crippen molar-refractivity contribution in [2.24, 2.45) is 5.92 Å². The van der Waals surface area contributed by atoms with Crippen LogP contribution in [0.3, 0.4) is 0 Å². The molecule has 1 aliphatic carbocycles. The summed E-state index contributed by atoms with van der Waals surface area (Å²) < 4.78 is 0. The third-order valence-corrected chi connectivity index (χ3v) is 3.43. The number of nitrogens with zero attached hydrogens (tertiary/aromatic N) is 2. The molecule has 17 heavy (non-hydrogen) atoms. The maximum Gasteiger partial charge on any atom is 0.144 e. The average molecular weight is 229 g/mol. The maximum absolute atomic E-state index is 9.06. The van der Waals surface area contributed by atoms with Crippen molar-refractivity contribution in [1.82, 2.24) is 4.98 Å². The van der Waals surface area contributed by atoms with Crippen molar-refractivity contribution in [2.45, 2.75) is 45.6 Å². The lowest BCUT2D eigenvalue weighted by Crippen LogP contribution is -2.27. The zero-order valence-electron chi connectivity index (χ0n) is 10.5. The van der Waals surface area contributed by atoms with Crippen LogP contribution < -0.4 is 5.32 Å². The first-order valence-corrected chi connectivity index (χ1v) is 6.33. The van der Waals surface area contributed by atoms with Crippen molar-refractivity contribution in [2.75, 3.05) is 5.32 Å². The summed E-state index contributed by atoms with van der Waals surface area (Å²) in [5, 5.41) is 12.5. The van der Waals surface area contributed by atoms with Gasteiger partial charge in [-0.2, -0.15) is 5.26 Å². The molecule has 3 nitrogen and oxygen atoms in total. The summed E-state index contributed by atoms with van der Waals surface area (Å²) in [5.41, 5.74) is 1.60. The van der Waals surface area contributed by atoms with Gasteiger partial charge in [-0.15, -0.1) is 0 Å². The van der Waals surface area contributed by atoms with Crippen LogP contribution in [0.15, 0.2) is 12.1 Å². The largest absolute Gasteiger partial charge is 0.366 e. The van der Waals surface area contributed by atoms with E-state index in [1.807, 2.05) is 19.1 Å². The second kappa shape index (κ2) is 5.18. The van der Waals surface area contributed by atoms with E-state index < -0.39 is 0 Å². The molecule has 0 saturated heterocycles. The second-order valence-electron chi connectivity index (χ2n) is 5.07.